The number of Topliss-reactive ketones (excluding diaryl/α,β-unsaturated/α-hetero) is 1. The van der Waals surface area contributed by atoms with E-state index in [-0.39, 0.29) is 22.4 Å². The van der Waals surface area contributed by atoms with Gasteiger partial charge in [0.05, 0.1) is 23.2 Å². The van der Waals surface area contributed by atoms with Crippen molar-refractivity contribution < 1.29 is 19.4 Å². The molecule has 0 fully saturated rings. The van der Waals surface area contributed by atoms with Crippen molar-refractivity contribution in [2.75, 3.05) is 6.61 Å². The van der Waals surface area contributed by atoms with Crippen molar-refractivity contribution in [1.82, 2.24) is 14.6 Å². The van der Waals surface area contributed by atoms with Crippen molar-refractivity contribution in [3.05, 3.63) is 74.1 Å². The third kappa shape index (κ3) is 4.56. The standard InChI is InChI=1S/C22H16ClN5O5S/c1-3-33-21(32)17(26-25-14-7-4-12(5-8-14)11(2)29)18(30)20-27-28-16-10-13(23)6-9-15(16)19(31)24-22(28)34-20/h4-10,30H,3H2,1-2H3/b18-17+,26-25?. The summed E-state index contributed by atoms with van der Waals surface area (Å²) in [6.45, 7) is 3.08. The predicted octanol–water partition coefficient (Wildman–Crippen LogP) is 4.73. The molecule has 2 aromatic heterocycles. The summed E-state index contributed by atoms with van der Waals surface area (Å²) in [6.07, 6.45) is 0. The van der Waals surface area contributed by atoms with Gasteiger partial charge in [-0.05, 0) is 56.3 Å². The lowest BCUT2D eigenvalue weighted by molar-refractivity contribution is -0.138. The Bertz CT molecular complexity index is 1560. The SMILES string of the molecule is CCOC(=O)/C(N=Nc1ccc(C(C)=O)cc1)=C(\O)c1nn2c(nc(=O)c3ccc(Cl)cc32)s1. The van der Waals surface area contributed by atoms with Crippen LogP contribution in [0.2, 0.25) is 5.02 Å². The van der Waals surface area contributed by atoms with Gasteiger partial charge in [-0.3, -0.25) is 9.59 Å². The molecule has 1 N–H and O–H groups in total. The first-order valence-corrected chi connectivity index (χ1v) is 11.1. The number of rotatable bonds is 6. The quantitative estimate of drug-likeness (QED) is 0.134. The summed E-state index contributed by atoms with van der Waals surface area (Å²) < 4.78 is 6.34. The van der Waals surface area contributed by atoms with E-state index < -0.39 is 23.0 Å². The van der Waals surface area contributed by atoms with E-state index in [2.05, 4.69) is 20.3 Å². The molecule has 0 amide bonds. The van der Waals surface area contributed by atoms with Crippen LogP contribution in [0.1, 0.15) is 29.2 Å². The van der Waals surface area contributed by atoms with Crippen molar-refractivity contribution in [3.8, 4) is 0 Å². The monoisotopic (exact) mass is 497 g/mol. The maximum Gasteiger partial charge on any atom is 0.362 e. The molecule has 2 heterocycles. The number of azo groups is 1. The van der Waals surface area contributed by atoms with Crippen molar-refractivity contribution >= 4 is 62.0 Å². The Labute approximate surface area is 200 Å². The second kappa shape index (κ2) is 9.49. The highest BCUT2D eigenvalue weighted by Gasteiger charge is 2.22. The Kier molecular flexibility index (Phi) is 6.48. The maximum atomic E-state index is 12.5. The van der Waals surface area contributed by atoms with E-state index >= 15 is 0 Å². The Morgan fingerprint density at radius 1 is 1.21 bits per heavy atom. The molecule has 0 atom stereocenters. The van der Waals surface area contributed by atoms with Crippen LogP contribution in [0.4, 0.5) is 5.69 Å². The van der Waals surface area contributed by atoms with Gasteiger partial charge in [0.15, 0.2) is 16.6 Å². The third-order valence-corrected chi connectivity index (χ3v) is 5.76. The number of aliphatic hydroxyl groups is 1. The lowest BCUT2D eigenvalue weighted by Gasteiger charge is -2.03. The van der Waals surface area contributed by atoms with Gasteiger partial charge in [-0.25, -0.2) is 9.31 Å². The summed E-state index contributed by atoms with van der Waals surface area (Å²) >= 11 is 6.94. The summed E-state index contributed by atoms with van der Waals surface area (Å²) in [6, 6.07) is 10.9. The van der Waals surface area contributed by atoms with Crippen LogP contribution in [0.3, 0.4) is 0 Å². The van der Waals surface area contributed by atoms with Gasteiger partial charge in [-0.15, -0.1) is 5.11 Å². The lowest BCUT2D eigenvalue weighted by Crippen LogP contribution is -2.10. The van der Waals surface area contributed by atoms with Gasteiger partial charge in [0.2, 0.25) is 10.7 Å². The minimum Gasteiger partial charge on any atom is -0.503 e. The van der Waals surface area contributed by atoms with Gasteiger partial charge in [0.1, 0.15) is 0 Å². The van der Waals surface area contributed by atoms with Gasteiger partial charge in [-0.1, -0.05) is 22.9 Å². The minimum atomic E-state index is -0.918. The Morgan fingerprint density at radius 3 is 2.62 bits per heavy atom. The maximum absolute atomic E-state index is 12.5. The summed E-state index contributed by atoms with van der Waals surface area (Å²) in [5, 5.41) is 23.6. The van der Waals surface area contributed by atoms with Gasteiger partial charge in [-0.2, -0.15) is 15.2 Å². The van der Waals surface area contributed by atoms with E-state index in [1.54, 1.807) is 43.3 Å². The van der Waals surface area contributed by atoms with Crippen LogP contribution in [-0.2, 0) is 9.53 Å². The number of hydrogen-bond donors (Lipinski definition) is 1. The van der Waals surface area contributed by atoms with E-state index in [1.807, 2.05) is 0 Å². The van der Waals surface area contributed by atoms with Crippen molar-refractivity contribution in [2.24, 2.45) is 10.2 Å². The molecule has 0 bridgehead atoms. The Balaban J connectivity index is 1.82. The number of halogens is 1. The highest BCUT2D eigenvalue weighted by atomic mass is 35.5. The highest BCUT2D eigenvalue weighted by molar-refractivity contribution is 7.17. The molecule has 12 heteroatoms. The second-order valence-corrected chi connectivity index (χ2v) is 8.29. The van der Waals surface area contributed by atoms with Crippen LogP contribution in [0.25, 0.3) is 21.6 Å². The van der Waals surface area contributed by atoms with E-state index in [0.717, 1.165) is 11.3 Å². The summed E-state index contributed by atoms with van der Waals surface area (Å²) in [4.78, 5) is 40.4. The Morgan fingerprint density at radius 2 is 1.94 bits per heavy atom. The first-order valence-electron chi connectivity index (χ1n) is 9.91. The zero-order valence-electron chi connectivity index (χ0n) is 17.9. The van der Waals surface area contributed by atoms with E-state index in [1.165, 1.54) is 17.5 Å². The minimum absolute atomic E-state index is 0.0340. The number of carbonyl (C=O) groups excluding carboxylic acids is 2. The molecule has 0 unspecified atom stereocenters. The smallest absolute Gasteiger partial charge is 0.362 e. The Hall–Kier alpha value is -3.96. The summed E-state index contributed by atoms with van der Waals surface area (Å²) in [5.74, 6) is -1.62. The van der Waals surface area contributed by atoms with E-state index in [9.17, 15) is 19.5 Å². The molecule has 0 radical (unpaired) electrons. The van der Waals surface area contributed by atoms with Crippen LogP contribution < -0.4 is 5.56 Å². The molecule has 4 rings (SSSR count). The average molecular weight is 498 g/mol. The largest absolute Gasteiger partial charge is 0.503 e. The normalized spacial score (nSPS) is 12.3. The van der Waals surface area contributed by atoms with Crippen LogP contribution in [0.5, 0.6) is 0 Å². The first-order chi connectivity index (χ1) is 16.3. The molecule has 0 aliphatic carbocycles. The van der Waals surface area contributed by atoms with Crippen LogP contribution >= 0.6 is 22.9 Å². The van der Waals surface area contributed by atoms with Gasteiger partial charge >= 0.3 is 5.97 Å². The summed E-state index contributed by atoms with van der Waals surface area (Å²) in [7, 11) is 0. The number of benzene rings is 2. The van der Waals surface area contributed by atoms with Gasteiger partial charge in [0.25, 0.3) is 5.56 Å². The molecule has 34 heavy (non-hydrogen) atoms. The number of nitrogens with zero attached hydrogens (tertiary/aromatic N) is 5. The van der Waals surface area contributed by atoms with Crippen molar-refractivity contribution in [1.29, 1.82) is 0 Å². The fraction of sp³-hybridized carbons (Fsp3) is 0.136. The molecule has 0 spiro atoms. The topological polar surface area (TPSA) is 136 Å². The molecule has 4 aromatic rings. The molecule has 172 valence electrons. The first kappa shape index (κ1) is 23.2. The molecular formula is C22H16ClN5O5S. The van der Waals surface area contributed by atoms with Crippen LogP contribution in [0.15, 0.2) is 63.2 Å². The average Bonchev–Trinajstić information content (AvgIpc) is 3.24. The number of aromatic nitrogens is 3. The molecular weight excluding hydrogens is 482 g/mol. The van der Waals surface area contributed by atoms with Crippen molar-refractivity contribution in [2.45, 2.75) is 13.8 Å². The fourth-order valence-electron chi connectivity index (χ4n) is 2.97. The number of esters is 1. The number of hydrogen-bond acceptors (Lipinski definition) is 10. The molecule has 0 saturated heterocycles. The van der Waals surface area contributed by atoms with E-state index in [0.29, 0.717) is 27.2 Å². The number of aliphatic hydroxyl groups excluding tert-OH is 1. The number of ketones is 1. The second-order valence-electron chi connectivity index (χ2n) is 6.90. The zero-order chi connectivity index (χ0) is 24.4. The number of carbonyl (C=O) groups is 2. The van der Waals surface area contributed by atoms with Gasteiger partial charge < -0.3 is 9.84 Å². The molecule has 2 aromatic carbocycles. The summed E-state index contributed by atoms with van der Waals surface area (Å²) in [5.41, 5.74) is 0.262. The van der Waals surface area contributed by atoms with Gasteiger partial charge in [0, 0.05) is 10.6 Å². The third-order valence-electron chi connectivity index (χ3n) is 4.61. The molecule has 10 nitrogen and oxygen atoms in total. The van der Waals surface area contributed by atoms with Crippen LogP contribution in [-0.4, -0.2) is 38.1 Å². The predicted molar refractivity (Wildman–Crippen MR) is 127 cm³/mol. The fourth-order valence-corrected chi connectivity index (χ4v) is 3.98. The highest BCUT2D eigenvalue weighted by Crippen LogP contribution is 2.27. The van der Waals surface area contributed by atoms with Crippen LogP contribution in [0, 0.1) is 0 Å². The lowest BCUT2D eigenvalue weighted by atomic mass is 10.1. The molecule has 0 aliphatic rings. The number of ether oxygens (including phenoxy) is 1. The molecule has 0 aliphatic heterocycles. The number of fused-ring (bicyclic) bond motifs is 3. The van der Waals surface area contributed by atoms with E-state index in [4.69, 9.17) is 16.3 Å². The van der Waals surface area contributed by atoms with Crippen molar-refractivity contribution in [3.63, 3.8) is 0 Å². The molecule has 0 saturated carbocycles. The zero-order valence-corrected chi connectivity index (χ0v) is 19.4.